The van der Waals surface area contributed by atoms with Crippen LogP contribution in [0.3, 0.4) is 0 Å². The number of hydrogen-bond donors (Lipinski definition) is 1. The third-order valence-corrected chi connectivity index (χ3v) is 2.44. The van der Waals surface area contributed by atoms with Gasteiger partial charge in [-0.1, -0.05) is 17.7 Å². The lowest BCUT2D eigenvalue weighted by Crippen LogP contribution is -2.10. The molecule has 0 saturated heterocycles. The van der Waals surface area contributed by atoms with Gasteiger partial charge in [0.25, 0.3) is 0 Å². The van der Waals surface area contributed by atoms with E-state index in [2.05, 4.69) is 11.6 Å². The van der Waals surface area contributed by atoms with E-state index in [-0.39, 0.29) is 6.04 Å². The molecule has 0 aliphatic rings. The summed E-state index contributed by atoms with van der Waals surface area (Å²) >= 11 is 5.97. The van der Waals surface area contributed by atoms with Gasteiger partial charge in [-0.15, -0.1) is 6.58 Å². The molecule has 0 aliphatic carbocycles. The summed E-state index contributed by atoms with van der Waals surface area (Å²) < 4.78 is 0. The van der Waals surface area contributed by atoms with E-state index in [1.54, 1.807) is 12.4 Å². The van der Waals surface area contributed by atoms with E-state index < -0.39 is 0 Å². The average molecular weight is 211 g/mol. The monoisotopic (exact) mass is 210 g/mol. The lowest BCUT2D eigenvalue weighted by Gasteiger charge is -2.12. The number of unbranched alkanes of at least 4 members (excludes halogenated alkanes) is 1. The Balaban J connectivity index is 2.55. The highest BCUT2D eigenvalue weighted by Crippen LogP contribution is 2.23. The van der Waals surface area contributed by atoms with Crippen LogP contribution in [-0.4, -0.2) is 4.98 Å². The first-order chi connectivity index (χ1) is 6.75. The van der Waals surface area contributed by atoms with Crippen LogP contribution < -0.4 is 5.73 Å². The van der Waals surface area contributed by atoms with Crippen molar-refractivity contribution in [1.82, 2.24) is 4.98 Å². The fourth-order valence-electron chi connectivity index (χ4n) is 1.32. The molecule has 14 heavy (non-hydrogen) atoms. The SMILES string of the molecule is C=CCCCC(N)c1ccncc1Cl. The molecule has 0 fully saturated rings. The first kappa shape index (κ1) is 11.2. The van der Waals surface area contributed by atoms with Crippen molar-refractivity contribution < 1.29 is 0 Å². The van der Waals surface area contributed by atoms with E-state index in [0.717, 1.165) is 24.8 Å². The molecule has 2 nitrogen and oxygen atoms in total. The summed E-state index contributed by atoms with van der Waals surface area (Å²) in [5.74, 6) is 0. The number of pyridine rings is 1. The summed E-state index contributed by atoms with van der Waals surface area (Å²) in [7, 11) is 0. The predicted octanol–water partition coefficient (Wildman–Crippen LogP) is 3.09. The molecule has 1 heterocycles. The van der Waals surface area contributed by atoms with Crippen molar-refractivity contribution in [3.63, 3.8) is 0 Å². The summed E-state index contributed by atoms with van der Waals surface area (Å²) in [6.07, 6.45) is 8.22. The van der Waals surface area contributed by atoms with Crippen molar-refractivity contribution >= 4 is 11.6 Å². The molecule has 0 spiro atoms. The van der Waals surface area contributed by atoms with Crippen LogP contribution in [0.4, 0.5) is 0 Å². The second-order valence-corrected chi connectivity index (χ2v) is 3.63. The van der Waals surface area contributed by atoms with E-state index in [9.17, 15) is 0 Å². The molecule has 1 rings (SSSR count). The molecule has 1 unspecified atom stereocenters. The number of nitrogens with zero attached hydrogens (tertiary/aromatic N) is 1. The topological polar surface area (TPSA) is 38.9 Å². The Morgan fingerprint density at radius 2 is 2.43 bits per heavy atom. The van der Waals surface area contributed by atoms with E-state index >= 15 is 0 Å². The molecule has 0 saturated carbocycles. The smallest absolute Gasteiger partial charge is 0.0637 e. The molecular formula is C11H15ClN2. The summed E-state index contributed by atoms with van der Waals surface area (Å²) in [4.78, 5) is 3.92. The number of aromatic nitrogens is 1. The number of rotatable bonds is 5. The minimum Gasteiger partial charge on any atom is -0.324 e. The Kier molecular flexibility index (Phi) is 4.63. The molecular weight excluding hydrogens is 196 g/mol. The van der Waals surface area contributed by atoms with Gasteiger partial charge in [0.05, 0.1) is 5.02 Å². The molecule has 1 aromatic rings. The van der Waals surface area contributed by atoms with Gasteiger partial charge in [0.1, 0.15) is 0 Å². The molecule has 0 amide bonds. The molecule has 2 N–H and O–H groups in total. The number of hydrogen-bond acceptors (Lipinski definition) is 2. The van der Waals surface area contributed by atoms with Gasteiger partial charge in [0.2, 0.25) is 0 Å². The quantitative estimate of drug-likeness (QED) is 0.599. The molecule has 76 valence electrons. The van der Waals surface area contributed by atoms with Crippen LogP contribution in [0.1, 0.15) is 30.9 Å². The summed E-state index contributed by atoms with van der Waals surface area (Å²) in [5.41, 5.74) is 6.97. The first-order valence-electron chi connectivity index (χ1n) is 4.71. The zero-order valence-electron chi connectivity index (χ0n) is 8.12. The fraction of sp³-hybridized carbons (Fsp3) is 0.364. The van der Waals surface area contributed by atoms with Gasteiger partial charge in [-0.2, -0.15) is 0 Å². The first-order valence-corrected chi connectivity index (χ1v) is 5.09. The van der Waals surface area contributed by atoms with E-state index in [1.807, 2.05) is 12.1 Å². The number of nitrogens with two attached hydrogens (primary N) is 1. The predicted molar refractivity (Wildman–Crippen MR) is 60.2 cm³/mol. The molecule has 3 heteroatoms. The molecule has 0 aliphatic heterocycles. The van der Waals surface area contributed by atoms with Crippen LogP contribution in [0, 0.1) is 0 Å². The van der Waals surface area contributed by atoms with Crippen molar-refractivity contribution in [2.75, 3.05) is 0 Å². The second-order valence-electron chi connectivity index (χ2n) is 3.22. The van der Waals surface area contributed by atoms with Crippen LogP contribution in [0.15, 0.2) is 31.1 Å². The summed E-state index contributed by atoms with van der Waals surface area (Å²) in [5, 5.41) is 0.651. The Labute approximate surface area is 89.8 Å². The van der Waals surface area contributed by atoms with Gasteiger partial charge >= 0.3 is 0 Å². The lowest BCUT2D eigenvalue weighted by molar-refractivity contribution is 0.617. The highest BCUT2D eigenvalue weighted by Gasteiger charge is 2.08. The molecule has 1 atom stereocenters. The maximum absolute atomic E-state index is 5.99. The largest absolute Gasteiger partial charge is 0.324 e. The lowest BCUT2D eigenvalue weighted by atomic mass is 10.0. The standard InChI is InChI=1S/C11H15ClN2/c1-2-3-4-5-11(13)9-6-7-14-8-10(9)12/h2,6-8,11H,1,3-5,13H2. The van der Waals surface area contributed by atoms with E-state index in [0.29, 0.717) is 5.02 Å². The maximum atomic E-state index is 5.99. The number of halogens is 1. The Morgan fingerprint density at radius 3 is 3.07 bits per heavy atom. The minimum atomic E-state index is 0.00505. The third-order valence-electron chi connectivity index (χ3n) is 2.13. The van der Waals surface area contributed by atoms with Gasteiger partial charge in [-0.3, -0.25) is 4.98 Å². The highest BCUT2D eigenvalue weighted by atomic mass is 35.5. The van der Waals surface area contributed by atoms with Gasteiger partial charge in [0, 0.05) is 18.4 Å². The second kappa shape index (κ2) is 5.78. The van der Waals surface area contributed by atoms with Gasteiger partial charge < -0.3 is 5.73 Å². The Bertz CT molecular complexity index is 299. The normalized spacial score (nSPS) is 12.4. The van der Waals surface area contributed by atoms with Crippen molar-refractivity contribution in [1.29, 1.82) is 0 Å². The van der Waals surface area contributed by atoms with E-state index in [4.69, 9.17) is 17.3 Å². The fourth-order valence-corrected chi connectivity index (χ4v) is 1.58. The summed E-state index contributed by atoms with van der Waals surface area (Å²) in [6.45, 7) is 3.67. The Hall–Kier alpha value is -0.860. The summed E-state index contributed by atoms with van der Waals surface area (Å²) in [6, 6.07) is 1.88. The van der Waals surface area contributed by atoms with Crippen molar-refractivity contribution in [2.24, 2.45) is 5.73 Å². The maximum Gasteiger partial charge on any atom is 0.0637 e. The van der Waals surface area contributed by atoms with E-state index in [1.165, 1.54) is 0 Å². The molecule has 1 aromatic heterocycles. The Morgan fingerprint density at radius 1 is 1.64 bits per heavy atom. The van der Waals surface area contributed by atoms with Gasteiger partial charge in [-0.05, 0) is 30.9 Å². The van der Waals surface area contributed by atoms with Crippen LogP contribution in [-0.2, 0) is 0 Å². The minimum absolute atomic E-state index is 0.00505. The van der Waals surface area contributed by atoms with Crippen LogP contribution in [0.2, 0.25) is 5.02 Å². The van der Waals surface area contributed by atoms with Crippen LogP contribution in [0.5, 0.6) is 0 Å². The van der Waals surface area contributed by atoms with Crippen molar-refractivity contribution in [3.05, 3.63) is 41.7 Å². The number of allylic oxidation sites excluding steroid dienone is 1. The van der Waals surface area contributed by atoms with Gasteiger partial charge in [-0.25, -0.2) is 0 Å². The van der Waals surface area contributed by atoms with Crippen LogP contribution >= 0.6 is 11.6 Å². The van der Waals surface area contributed by atoms with Crippen molar-refractivity contribution in [3.8, 4) is 0 Å². The molecule has 0 radical (unpaired) electrons. The molecule has 0 aromatic carbocycles. The van der Waals surface area contributed by atoms with Crippen molar-refractivity contribution in [2.45, 2.75) is 25.3 Å². The molecule has 0 bridgehead atoms. The highest BCUT2D eigenvalue weighted by molar-refractivity contribution is 6.31. The zero-order chi connectivity index (χ0) is 10.4. The third kappa shape index (κ3) is 3.13. The average Bonchev–Trinajstić information content (AvgIpc) is 2.18. The van der Waals surface area contributed by atoms with Crippen LogP contribution in [0.25, 0.3) is 0 Å². The zero-order valence-corrected chi connectivity index (χ0v) is 8.87. The van der Waals surface area contributed by atoms with Gasteiger partial charge in [0.15, 0.2) is 0 Å².